The number of carbonyl (C=O) groups excluding carboxylic acids is 2. The highest BCUT2D eigenvalue weighted by Gasteiger charge is 2.22. The molecule has 0 saturated heterocycles. The first-order valence-corrected chi connectivity index (χ1v) is 5.94. The first kappa shape index (κ1) is 15.9. The van der Waals surface area contributed by atoms with Gasteiger partial charge in [-0.25, -0.2) is 4.79 Å². The predicted molar refractivity (Wildman–Crippen MR) is 67.6 cm³/mol. The number of nitrogens with two attached hydrogens (primary N) is 1. The summed E-state index contributed by atoms with van der Waals surface area (Å²) < 4.78 is 0. The average Bonchev–Trinajstić information content (AvgIpc) is 2.27. The van der Waals surface area contributed by atoms with Crippen LogP contribution in [0.3, 0.4) is 0 Å². The number of nitrogens with zero attached hydrogens (tertiary/aromatic N) is 1. The minimum absolute atomic E-state index is 0.204. The molecule has 0 bridgehead atoms. The fraction of sp³-hybridized carbons (Fsp3) is 0.818. The van der Waals surface area contributed by atoms with Crippen molar-refractivity contribution in [1.29, 1.82) is 0 Å². The summed E-state index contributed by atoms with van der Waals surface area (Å²) in [6, 6.07) is -0.613. The van der Waals surface area contributed by atoms with Crippen molar-refractivity contribution in [2.45, 2.75) is 39.3 Å². The van der Waals surface area contributed by atoms with Crippen molar-refractivity contribution in [2.24, 2.45) is 5.73 Å². The molecule has 0 radical (unpaired) electrons. The van der Waals surface area contributed by atoms with Gasteiger partial charge in [0.2, 0.25) is 5.91 Å². The van der Waals surface area contributed by atoms with Crippen molar-refractivity contribution in [2.75, 3.05) is 20.1 Å². The number of imide groups is 1. The molecule has 17 heavy (non-hydrogen) atoms. The number of carbonyl (C=O) groups is 2. The number of amides is 3. The first-order chi connectivity index (χ1) is 7.93. The van der Waals surface area contributed by atoms with Crippen LogP contribution < -0.4 is 16.4 Å². The molecule has 0 heterocycles. The quantitative estimate of drug-likeness (QED) is 0.608. The van der Waals surface area contributed by atoms with Crippen LogP contribution >= 0.6 is 0 Å². The molecule has 0 aliphatic heterocycles. The van der Waals surface area contributed by atoms with Crippen LogP contribution in [0, 0.1) is 0 Å². The zero-order valence-corrected chi connectivity index (χ0v) is 11.1. The molecule has 0 rings (SSSR count). The molecule has 6 heteroatoms. The Morgan fingerprint density at radius 3 is 2.41 bits per heavy atom. The summed E-state index contributed by atoms with van der Waals surface area (Å²) in [5, 5.41) is 4.81. The Balaban J connectivity index is 4.24. The molecule has 0 aromatic heterocycles. The number of rotatable bonds is 6. The number of nitrogens with one attached hydrogen (secondary N) is 2. The van der Waals surface area contributed by atoms with Gasteiger partial charge in [0, 0.05) is 12.6 Å². The Kier molecular flexibility index (Phi) is 7.49. The maximum absolute atomic E-state index is 11.7. The van der Waals surface area contributed by atoms with Crippen molar-refractivity contribution >= 4 is 11.9 Å². The van der Waals surface area contributed by atoms with E-state index in [4.69, 9.17) is 5.73 Å². The maximum atomic E-state index is 11.7. The van der Waals surface area contributed by atoms with Crippen LogP contribution in [0.2, 0.25) is 0 Å². The summed E-state index contributed by atoms with van der Waals surface area (Å²) in [5.41, 5.74) is 5.47. The molecule has 0 saturated carbocycles. The highest BCUT2D eigenvalue weighted by molar-refractivity contribution is 5.96. The Labute approximate surface area is 103 Å². The van der Waals surface area contributed by atoms with Gasteiger partial charge in [-0.2, -0.15) is 0 Å². The molecule has 0 aromatic carbocycles. The zero-order valence-electron chi connectivity index (χ0n) is 11.1. The average molecular weight is 244 g/mol. The van der Waals surface area contributed by atoms with E-state index in [1.54, 1.807) is 13.8 Å². The lowest BCUT2D eigenvalue weighted by molar-refractivity contribution is -0.125. The topological polar surface area (TPSA) is 87.5 Å². The van der Waals surface area contributed by atoms with Crippen molar-refractivity contribution < 1.29 is 9.59 Å². The molecule has 100 valence electrons. The van der Waals surface area contributed by atoms with Gasteiger partial charge in [-0.05, 0) is 40.8 Å². The van der Waals surface area contributed by atoms with E-state index in [2.05, 4.69) is 10.6 Å². The molecular formula is C11H24N4O2. The third-order valence-corrected chi connectivity index (χ3v) is 2.84. The fourth-order valence-electron chi connectivity index (χ4n) is 1.43. The van der Waals surface area contributed by atoms with E-state index in [0.717, 1.165) is 6.42 Å². The van der Waals surface area contributed by atoms with E-state index in [0.29, 0.717) is 13.1 Å². The zero-order chi connectivity index (χ0) is 13.4. The third-order valence-electron chi connectivity index (χ3n) is 2.84. The van der Waals surface area contributed by atoms with Gasteiger partial charge in [0.05, 0.1) is 6.04 Å². The van der Waals surface area contributed by atoms with Crippen LogP contribution in [-0.4, -0.2) is 49.1 Å². The van der Waals surface area contributed by atoms with Gasteiger partial charge in [-0.15, -0.1) is 0 Å². The Bertz CT molecular complexity index is 258. The summed E-state index contributed by atoms with van der Waals surface area (Å²) >= 11 is 0. The van der Waals surface area contributed by atoms with Crippen molar-refractivity contribution in [3.63, 3.8) is 0 Å². The van der Waals surface area contributed by atoms with Crippen molar-refractivity contribution in [3.05, 3.63) is 0 Å². The van der Waals surface area contributed by atoms with Crippen LogP contribution in [0.15, 0.2) is 0 Å². The molecule has 2 unspecified atom stereocenters. The highest BCUT2D eigenvalue weighted by atomic mass is 16.2. The molecule has 0 spiro atoms. The molecule has 4 N–H and O–H groups in total. The lowest BCUT2D eigenvalue weighted by atomic mass is 10.1. The minimum Gasteiger partial charge on any atom is -0.338 e. The van der Waals surface area contributed by atoms with E-state index in [-0.39, 0.29) is 18.0 Å². The van der Waals surface area contributed by atoms with E-state index in [9.17, 15) is 9.59 Å². The maximum Gasteiger partial charge on any atom is 0.321 e. The van der Waals surface area contributed by atoms with Gasteiger partial charge >= 0.3 is 6.03 Å². The molecule has 0 fully saturated rings. The van der Waals surface area contributed by atoms with Gasteiger partial charge in [0.15, 0.2) is 0 Å². The summed E-state index contributed by atoms with van der Waals surface area (Å²) in [6.07, 6.45) is 0.815. The Morgan fingerprint density at radius 1 is 1.35 bits per heavy atom. The molecule has 6 nitrogen and oxygen atoms in total. The summed E-state index contributed by atoms with van der Waals surface area (Å²) in [5.74, 6) is -0.303. The Hall–Kier alpha value is -1.14. The van der Waals surface area contributed by atoms with Crippen LogP contribution in [-0.2, 0) is 4.79 Å². The van der Waals surface area contributed by atoms with Crippen molar-refractivity contribution in [1.82, 2.24) is 15.5 Å². The van der Waals surface area contributed by atoms with Crippen molar-refractivity contribution in [3.8, 4) is 0 Å². The number of hydrogen-bond donors (Lipinski definition) is 3. The van der Waals surface area contributed by atoms with Crippen LogP contribution in [0.5, 0.6) is 0 Å². The van der Waals surface area contributed by atoms with Gasteiger partial charge in [0.1, 0.15) is 0 Å². The standard InChI is InChI=1S/C11H24N4O2/c1-5-13-11(17)14-10(16)9(3)15(4)8(2)6-7-12/h8-9H,5-7,12H2,1-4H3,(H2,13,14,16,17). The number of urea groups is 1. The normalized spacial score (nSPS) is 14.2. The molecule has 0 aromatic rings. The first-order valence-electron chi connectivity index (χ1n) is 5.94. The summed E-state index contributed by atoms with van der Waals surface area (Å²) in [7, 11) is 1.85. The smallest absolute Gasteiger partial charge is 0.321 e. The van der Waals surface area contributed by atoms with E-state index >= 15 is 0 Å². The van der Waals surface area contributed by atoms with E-state index in [1.165, 1.54) is 0 Å². The predicted octanol–water partition coefficient (Wildman–Crippen LogP) is -0.110. The van der Waals surface area contributed by atoms with Gasteiger partial charge in [0.25, 0.3) is 0 Å². The largest absolute Gasteiger partial charge is 0.338 e. The fourth-order valence-corrected chi connectivity index (χ4v) is 1.43. The van der Waals surface area contributed by atoms with Crippen LogP contribution in [0.1, 0.15) is 27.2 Å². The monoisotopic (exact) mass is 244 g/mol. The number of likely N-dealkylation sites (N-methyl/N-ethyl adjacent to an activating group) is 1. The second-order valence-corrected chi connectivity index (χ2v) is 4.12. The van der Waals surface area contributed by atoms with E-state index in [1.807, 2.05) is 18.9 Å². The highest BCUT2D eigenvalue weighted by Crippen LogP contribution is 2.05. The Morgan fingerprint density at radius 2 is 1.94 bits per heavy atom. The molecule has 2 atom stereocenters. The van der Waals surface area contributed by atoms with Gasteiger partial charge in [-0.3, -0.25) is 15.0 Å². The van der Waals surface area contributed by atoms with Gasteiger partial charge in [-0.1, -0.05) is 0 Å². The molecular weight excluding hydrogens is 220 g/mol. The second kappa shape index (κ2) is 8.03. The lowest BCUT2D eigenvalue weighted by Gasteiger charge is -2.29. The second-order valence-electron chi connectivity index (χ2n) is 4.12. The van der Waals surface area contributed by atoms with Crippen LogP contribution in [0.4, 0.5) is 4.79 Å². The minimum atomic E-state index is -0.454. The molecule has 0 aliphatic carbocycles. The summed E-state index contributed by atoms with van der Waals surface area (Å²) in [4.78, 5) is 24.8. The lowest BCUT2D eigenvalue weighted by Crippen LogP contribution is -2.50. The summed E-state index contributed by atoms with van der Waals surface area (Å²) in [6.45, 7) is 6.64. The van der Waals surface area contributed by atoms with Crippen LogP contribution in [0.25, 0.3) is 0 Å². The number of hydrogen-bond acceptors (Lipinski definition) is 4. The SMILES string of the molecule is CCNC(=O)NC(=O)C(C)N(C)C(C)CCN. The third kappa shape index (κ3) is 5.65. The molecule has 0 aliphatic rings. The van der Waals surface area contributed by atoms with Gasteiger partial charge < -0.3 is 11.1 Å². The van der Waals surface area contributed by atoms with E-state index < -0.39 is 6.03 Å². The molecule has 3 amide bonds.